The molecule has 5 atom stereocenters. The van der Waals surface area contributed by atoms with Gasteiger partial charge in [-0.15, -0.1) is 0 Å². The van der Waals surface area contributed by atoms with Crippen molar-refractivity contribution < 1.29 is 37.8 Å². The van der Waals surface area contributed by atoms with E-state index < -0.39 is 68.3 Å². The average molecular weight is 730 g/mol. The summed E-state index contributed by atoms with van der Waals surface area (Å²) in [4.78, 5) is 42.8. The second-order valence-corrected chi connectivity index (χ2v) is 17.6. The molecule has 0 radical (unpaired) electrons. The van der Waals surface area contributed by atoms with E-state index in [9.17, 15) is 33.0 Å². The first kappa shape index (κ1) is 38.9. The molecule has 1 saturated heterocycles. The standard InChI is InChI=1S/C37H55N5O8S/c1-37(2,36(47)41-18-20-50-21-19-41)51(48,49)25-29(27-12-7-4-8-13-27)23-32(43)39-31(24-42-17-9-16-38-42)35(46)40-30(22-26-10-5-3-6-11-26)34(45)33(44)28-14-15-28/h4,7-9,12-13,16-17,26,28-31,33-34,44-45H,3,5-6,10-11,14-15,18-25H2,1-2H3,(H,39,43)(H,40,46). The van der Waals surface area contributed by atoms with Gasteiger partial charge < -0.3 is 30.5 Å². The highest BCUT2D eigenvalue weighted by Gasteiger charge is 2.46. The number of carbonyl (C=O) groups is 3. The first-order valence-corrected chi connectivity index (χ1v) is 20.1. The van der Waals surface area contributed by atoms with Crippen molar-refractivity contribution in [2.45, 2.75) is 113 Å². The maximum atomic E-state index is 14.0. The number of amides is 3. The Kier molecular flexibility index (Phi) is 13.3. The van der Waals surface area contributed by atoms with Gasteiger partial charge in [0, 0.05) is 37.8 Å². The van der Waals surface area contributed by atoms with Crippen molar-refractivity contribution in [3.8, 4) is 0 Å². The molecule has 3 aliphatic rings. The molecule has 51 heavy (non-hydrogen) atoms. The Hall–Kier alpha value is -3.33. The number of carbonyl (C=O) groups excluding carboxylic acids is 3. The van der Waals surface area contributed by atoms with Crippen molar-refractivity contribution in [3.05, 3.63) is 54.4 Å². The van der Waals surface area contributed by atoms with Gasteiger partial charge >= 0.3 is 0 Å². The molecule has 13 nitrogen and oxygen atoms in total. The van der Waals surface area contributed by atoms with Crippen LogP contribution in [0.5, 0.6) is 0 Å². The lowest BCUT2D eigenvalue weighted by molar-refractivity contribution is -0.137. The number of nitrogens with zero attached hydrogens (tertiary/aromatic N) is 3. The minimum Gasteiger partial charge on any atom is -0.390 e. The predicted octanol–water partition coefficient (Wildman–Crippen LogP) is 2.18. The van der Waals surface area contributed by atoms with Crippen LogP contribution < -0.4 is 10.6 Å². The van der Waals surface area contributed by atoms with E-state index in [1.165, 1.54) is 23.4 Å². The molecule has 1 aliphatic heterocycles. The number of aliphatic hydroxyl groups excluding tert-OH is 2. The average Bonchev–Trinajstić information content (AvgIpc) is 3.86. The van der Waals surface area contributed by atoms with Crippen LogP contribution in [0.25, 0.3) is 0 Å². The molecule has 2 aromatic rings. The van der Waals surface area contributed by atoms with Gasteiger partial charge in [-0.1, -0.05) is 62.4 Å². The summed E-state index contributed by atoms with van der Waals surface area (Å²) in [5.41, 5.74) is 0.614. The largest absolute Gasteiger partial charge is 0.390 e. The normalized spacial score (nSPS) is 20.5. The van der Waals surface area contributed by atoms with Crippen LogP contribution in [0.1, 0.15) is 83.1 Å². The zero-order chi connectivity index (χ0) is 36.6. The molecule has 14 heteroatoms. The Morgan fingerprint density at radius 1 is 0.980 bits per heavy atom. The maximum absolute atomic E-state index is 14.0. The third-order valence-electron chi connectivity index (χ3n) is 10.8. The van der Waals surface area contributed by atoms with Crippen molar-refractivity contribution >= 4 is 27.6 Å². The molecule has 0 bridgehead atoms. The third kappa shape index (κ3) is 10.4. The lowest BCUT2D eigenvalue weighted by atomic mass is 9.82. The van der Waals surface area contributed by atoms with E-state index in [4.69, 9.17) is 4.74 Å². The smallest absolute Gasteiger partial charge is 0.244 e. The number of aromatic nitrogens is 2. The highest BCUT2D eigenvalue weighted by molar-refractivity contribution is 7.93. The van der Waals surface area contributed by atoms with E-state index >= 15 is 0 Å². The predicted molar refractivity (Wildman–Crippen MR) is 191 cm³/mol. The van der Waals surface area contributed by atoms with Gasteiger partial charge in [0.05, 0.1) is 37.7 Å². The number of aliphatic hydroxyl groups is 2. The minimum atomic E-state index is -4.09. The van der Waals surface area contributed by atoms with Crippen LogP contribution in [-0.2, 0) is 35.5 Å². The number of hydrogen-bond acceptors (Lipinski definition) is 9. The number of hydrogen-bond donors (Lipinski definition) is 4. The summed E-state index contributed by atoms with van der Waals surface area (Å²) >= 11 is 0. The van der Waals surface area contributed by atoms with Crippen LogP contribution in [0.2, 0.25) is 0 Å². The summed E-state index contributed by atoms with van der Waals surface area (Å²) in [5.74, 6) is -2.54. The van der Waals surface area contributed by atoms with Gasteiger partial charge in [-0.05, 0) is 56.6 Å². The Labute approximate surface area is 301 Å². The monoisotopic (exact) mass is 729 g/mol. The summed E-state index contributed by atoms with van der Waals surface area (Å²) in [6, 6.07) is 8.71. The van der Waals surface area contributed by atoms with Crippen LogP contribution >= 0.6 is 0 Å². The molecule has 0 spiro atoms. The summed E-state index contributed by atoms with van der Waals surface area (Å²) in [5, 5.41) is 32.2. The molecule has 2 saturated carbocycles. The molecule has 2 heterocycles. The quantitative estimate of drug-likeness (QED) is 0.190. The number of sulfone groups is 1. The number of rotatable bonds is 17. The van der Waals surface area contributed by atoms with Crippen LogP contribution in [-0.4, -0.2) is 112 Å². The van der Waals surface area contributed by atoms with Gasteiger partial charge in [0.1, 0.15) is 16.9 Å². The zero-order valence-corrected chi connectivity index (χ0v) is 30.7. The summed E-state index contributed by atoms with van der Waals surface area (Å²) in [6.07, 6.45) is 8.36. The van der Waals surface area contributed by atoms with Crippen LogP contribution in [0.4, 0.5) is 0 Å². The molecule has 5 rings (SSSR count). The van der Waals surface area contributed by atoms with Gasteiger partial charge in [-0.3, -0.25) is 19.1 Å². The van der Waals surface area contributed by atoms with E-state index in [0.29, 0.717) is 44.2 Å². The van der Waals surface area contributed by atoms with Gasteiger partial charge in [0.15, 0.2) is 9.84 Å². The fourth-order valence-corrected chi connectivity index (χ4v) is 8.97. The molecule has 4 N–H and O–H groups in total. The van der Waals surface area contributed by atoms with Crippen LogP contribution in [0.15, 0.2) is 48.8 Å². The second kappa shape index (κ2) is 17.5. The van der Waals surface area contributed by atoms with E-state index in [-0.39, 0.29) is 18.9 Å². The molecule has 2 aliphatic carbocycles. The fraction of sp³-hybridized carbons (Fsp3) is 0.676. The van der Waals surface area contributed by atoms with Crippen LogP contribution in [0, 0.1) is 11.8 Å². The first-order chi connectivity index (χ1) is 24.4. The molecule has 3 amide bonds. The molecule has 1 aromatic heterocycles. The van der Waals surface area contributed by atoms with Gasteiger partial charge in [0.25, 0.3) is 0 Å². The van der Waals surface area contributed by atoms with Gasteiger partial charge in [-0.25, -0.2) is 8.42 Å². The Balaban J connectivity index is 1.33. The lowest BCUT2D eigenvalue weighted by Gasteiger charge is -2.34. The molecule has 5 unspecified atom stereocenters. The SMILES string of the molecule is CC(C)(C(=O)N1CCOCC1)S(=O)(=O)CC(CC(=O)NC(Cn1cccn1)C(=O)NC(CC1CCCCC1)C(O)C(O)C1CC1)c1ccccc1. The Bertz CT molecular complexity index is 1540. The highest BCUT2D eigenvalue weighted by atomic mass is 32.2. The van der Waals surface area contributed by atoms with Crippen molar-refractivity contribution in [1.82, 2.24) is 25.3 Å². The van der Waals surface area contributed by atoms with E-state index in [2.05, 4.69) is 15.7 Å². The maximum Gasteiger partial charge on any atom is 0.244 e. The van der Waals surface area contributed by atoms with Crippen molar-refractivity contribution in [3.63, 3.8) is 0 Å². The van der Waals surface area contributed by atoms with E-state index in [1.54, 1.807) is 48.8 Å². The number of ether oxygens (including phenoxy) is 1. The molecule has 1 aromatic carbocycles. The second-order valence-electron chi connectivity index (χ2n) is 15.0. The fourth-order valence-electron chi connectivity index (χ4n) is 7.32. The number of morpholine rings is 1. The van der Waals surface area contributed by atoms with Crippen LogP contribution in [0.3, 0.4) is 0 Å². The van der Waals surface area contributed by atoms with Crippen molar-refractivity contribution in [2.24, 2.45) is 11.8 Å². The van der Waals surface area contributed by atoms with Gasteiger partial charge in [-0.2, -0.15) is 5.10 Å². The van der Waals surface area contributed by atoms with Crippen molar-refractivity contribution in [1.29, 1.82) is 0 Å². The lowest BCUT2D eigenvalue weighted by Crippen LogP contribution is -2.56. The highest BCUT2D eigenvalue weighted by Crippen LogP contribution is 2.36. The Morgan fingerprint density at radius 3 is 2.29 bits per heavy atom. The van der Waals surface area contributed by atoms with E-state index in [0.717, 1.165) is 44.9 Å². The molecular weight excluding hydrogens is 675 g/mol. The van der Waals surface area contributed by atoms with E-state index in [1.807, 2.05) is 0 Å². The third-order valence-corrected chi connectivity index (χ3v) is 13.4. The van der Waals surface area contributed by atoms with Gasteiger partial charge in [0.2, 0.25) is 17.7 Å². The number of benzene rings is 1. The molecule has 282 valence electrons. The topological polar surface area (TPSA) is 180 Å². The molecule has 3 fully saturated rings. The summed E-state index contributed by atoms with van der Waals surface area (Å²) < 4.78 is 33.1. The Morgan fingerprint density at radius 2 is 1.67 bits per heavy atom. The zero-order valence-electron chi connectivity index (χ0n) is 29.9. The minimum absolute atomic E-state index is 0.00260. The van der Waals surface area contributed by atoms with Crippen molar-refractivity contribution in [2.75, 3.05) is 32.1 Å². The number of nitrogens with one attached hydrogen (secondary N) is 2. The first-order valence-electron chi connectivity index (χ1n) is 18.4. The molecular formula is C37H55N5O8S. The summed E-state index contributed by atoms with van der Waals surface area (Å²) in [7, 11) is -4.09. The summed E-state index contributed by atoms with van der Waals surface area (Å²) in [6.45, 7) is 4.10.